The molecule has 2 atom stereocenters. The minimum absolute atomic E-state index is 0.00173. The molecular weight excluding hydrogens is 589 g/mol. The molecule has 2 fully saturated rings. The average Bonchev–Trinajstić information content (AvgIpc) is 3.79. The Bertz CT molecular complexity index is 1520. The molecule has 2 unspecified atom stereocenters. The van der Waals surface area contributed by atoms with E-state index in [0.29, 0.717) is 17.1 Å². The third kappa shape index (κ3) is 7.79. The van der Waals surface area contributed by atoms with Crippen LogP contribution >= 0.6 is 11.3 Å². The van der Waals surface area contributed by atoms with Crippen LogP contribution in [0, 0.1) is 17.8 Å². The lowest BCUT2D eigenvalue weighted by Gasteiger charge is -2.34. The van der Waals surface area contributed by atoms with Crippen LogP contribution in [0.2, 0.25) is 0 Å². The lowest BCUT2D eigenvalue weighted by molar-refractivity contribution is -0.132. The number of hydrogen-bond acceptors (Lipinski definition) is 5. The van der Waals surface area contributed by atoms with Crippen molar-refractivity contribution >= 4 is 28.7 Å². The molecule has 6 rings (SSSR count). The first-order valence-electron chi connectivity index (χ1n) is 17.4. The van der Waals surface area contributed by atoms with E-state index in [-0.39, 0.29) is 17.2 Å². The number of amides is 2. The van der Waals surface area contributed by atoms with E-state index in [1.165, 1.54) is 55.4 Å². The SMILES string of the molecule is CC1CCC(C2CC=C(c3cnc(-c4ccc(CC(NC(=O)c5ccc(C(C)(C)C)s5)C(=O)N5CCCC5)cc4)nc3)CC2)CC1. The summed E-state index contributed by atoms with van der Waals surface area (Å²) in [7, 11) is 0. The molecule has 1 N–H and O–H groups in total. The van der Waals surface area contributed by atoms with Crippen molar-refractivity contribution in [2.45, 2.75) is 103 Å². The van der Waals surface area contributed by atoms with Gasteiger partial charge < -0.3 is 10.2 Å². The number of thiophene rings is 1. The largest absolute Gasteiger partial charge is 0.341 e. The molecule has 2 amide bonds. The zero-order chi connectivity index (χ0) is 32.3. The maximum atomic E-state index is 13.5. The number of likely N-dealkylation sites (tertiary alicyclic amines) is 1. The second kappa shape index (κ2) is 14.2. The molecule has 0 bridgehead atoms. The van der Waals surface area contributed by atoms with E-state index in [9.17, 15) is 9.59 Å². The molecule has 1 saturated heterocycles. The van der Waals surface area contributed by atoms with Gasteiger partial charge in [-0.2, -0.15) is 0 Å². The van der Waals surface area contributed by atoms with E-state index in [1.807, 2.05) is 53.7 Å². The number of benzene rings is 1. The zero-order valence-corrected chi connectivity index (χ0v) is 28.9. The van der Waals surface area contributed by atoms with Crippen molar-refractivity contribution < 1.29 is 9.59 Å². The molecule has 0 radical (unpaired) electrons. The van der Waals surface area contributed by atoms with Crippen LogP contribution in [-0.2, 0) is 16.6 Å². The first kappa shape index (κ1) is 32.6. The second-order valence-electron chi connectivity index (χ2n) is 15.0. The highest BCUT2D eigenvalue weighted by molar-refractivity contribution is 7.14. The van der Waals surface area contributed by atoms with E-state index < -0.39 is 6.04 Å². The Morgan fingerprint density at radius 2 is 1.61 bits per heavy atom. The molecule has 1 aromatic carbocycles. The van der Waals surface area contributed by atoms with Crippen LogP contribution in [0.1, 0.15) is 111 Å². The van der Waals surface area contributed by atoms with Gasteiger partial charge in [-0.25, -0.2) is 9.97 Å². The first-order chi connectivity index (χ1) is 22.1. The highest BCUT2D eigenvalue weighted by Gasteiger charge is 2.30. The predicted molar refractivity (Wildman–Crippen MR) is 188 cm³/mol. The van der Waals surface area contributed by atoms with Gasteiger partial charge in [-0.05, 0) is 91.4 Å². The van der Waals surface area contributed by atoms with Gasteiger partial charge >= 0.3 is 0 Å². The van der Waals surface area contributed by atoms with E-state index in [1.54, 1.807) is 0 Å². The van der Waals surface area contributed by atoms with Gasteiger partial charge in [0.05, 0.1) is 4.88 Å². The zero-order valence-electron chi connectivity index (χ0n) is 28.1. The van der Waals surface area contributed by atoms with Crippen LogP contribution in [0.15, 0.2) is 54.9 Å². The van der Waals surface area contributed by atoms with Gasteiger partial charge in [-0.15, -0.1) is 11.3 Å². The molecular formula is C39H50N4O2S. The van der Waals surface area contributed by atoms with Gasteiger partial charge in [0, 0.05) is 47.9 Å². The summed E-state index contributed by atoms with van der Waals surface area (Å²) in [6.07, 6.45) is 18.0. The fourth-order valence-electron chi connectivity index (χ4n) is 7.42. The molecule has 3 aliphatic rings. The van der Waals surface area contributed by atoms with E-state index in [2.05, 4.69) is 39.1 Å². The molecule has 7 heteroatoms. The summed E-state index contributed by atoms with van der Waals surface area (Å²) in [6, 6.07) is 11.4. The number of hydrogen-bond donors (Lipinski definition) is 1. The minimum atomic E-state index is -0.614. The molecule has 3 aromatic rings. The summed E-state index contributed by atoms with van der Waals surface area (Å²) in [5, 5.41) is 3.08. The Morgan fingerprint density at radius 1 is 0.913 bits per heavy atom. The van der Waals surface area contributed by atoms with Crippen molar-refractivity contribution in [1.29, 1.82) is 0 Å². The number of rotatable bonds is 8. The van der Waals surface area contributed by atoms with Gasteiger partial charge in [0.1, 0.15) is 6.04 Å². The van der Waals surface area contributed by atoms with Crippen molar-refractivity contribution in [3.05, 3.63) is 75.7 Å². The fraction of sp³-hybridized carbons (Fsp3) is 0.538. The maximum absolute atomic E-state index is 13.5. The Labute approximate surface area is 279 Å². The summed E-state index contributed by atoms with van der Waals surface area (Å²) in [4.78, 5) is 40.0. The molecule has 1 saturated carbocycles. The molecule has 3 heterocycles. The summed E-state index contributed by atoms with van der Waals surface area (Å²) < 4.78 is 0. The molecule has 2 aromatic heterocycles. The lowest BCUT2D eigenvalue weighted by Crippen LogP contribution is -2.48. The van der Waals surface area contributed by atoms with E-state index in [0.717, 1.165) is 71.7 Å². The molecule has 1 aliphatic heterocycles. The normalized spacial score (nSPS) is 22.7. The average molecular weight is 639 g/mol. The summed E-state index contributed by atoms with van der Waals surface area (Å²) in [5.74, 6) is 3.17. The topological polar surface area (TPSA) is 75.2 Å². The van der Waals surface area contributed by atoms with Crippen LogP contribution in [-0.4, -0.2) is 45.8 Å². The van der Waals surface area contributed by atoms with Gasteiger partial charge in [-0.1, -0.05) is 70.9 Å². The Hall–Kier alpha value is -3.32. The first-order valence-corrected chi connectivity index (χ1v) is 18.3. The number of carbonyl (C=O) groups is 2. The molecule has 0 spiro atoms. The van der Waals surface area contributed by atoms with Crippen molar-refractivity contribution in [2.75, 3.05) is 13.1 Å². The van der Waals surface area contributed by atoms with Crippen LogP contribution in [0.25, 0.3) is 17.0 Å². The van der Waals surface area contributed by atoms with Crippen LogP contribution in [0.5, 0.6) is 0 Å². The van der Waals surface area contributed by atoms with Crippen molar-refractivity contribution in [2.24, 2.45) is 17.8 Å². The number of nitrogens with zero attached hydrogens (tertiary/aromatic N) is 3. The van der Waals surface area contributed by atoms with E-state index >= 15 is 0 Å². The van der Waals surface area contributed by atoms with Crippen LogP contribution in [0.3, 0.4) is 0 Å². The van der Waals surface area contributed by atoms with Gasteiger partial charge in [0.2, 0.25) is 5.91 Å². The third-order valence-electron chi connectivity index (χ3n) is 10.4. The Kier molecular flexibility index (Phi) is 10.1. The molecule has 6 nitrogen and oxygen atoms in total. The van der Waals surface area contributed by atoms with Crippen molar-refractivity contribution in [3.63, 3.8) is 0 Å². The molecule has 244 valence electrons. The van der Waals surface area contributed by atoms with Gasteiger partial charge in [0.25, 0.3) is 5.91 Å². The number of allylic oxidation sites excluding steroid dienone is 2. The van der Waals surface area contributed by atoms with Crippen molar-refractivity contribution in [3.8, 4) is 11.4 Å². The number of carbonyl (C=O) groups excluding carboxylic acids is 2. The fourth-order valence-corrected chi connectivity index (χ4v) is 8.39. The summed E-state index contributed by atoms with van der Waals surface area (Å²) in [5.41, 5.74) is 4.43. The predicted octanol–water partition coefficient (Wildman–Crippen LogP) is 8.48. The summed E-state index contributed by atoms with van der Waals surface area (Å²) >= 11 is 1.50. The Morgan fingerprint density at radius 3 is 2.22 bits per heavy atom. The highest BCUT2D eigenvalue weighted by Crippen LogP contribution is 2.41. The number of nitrogens with one attached hydrogen (secondary N) is 1. The monoisotopic (exact) mass is 638 g/mol. The van der Waals surface area contributed by atoms with Crippen LogP contribution in [0.4, 0.5) is 0 Å². The second-order valence-corrected chi connectivity index (χ2v) is 16.0. The standard InChI is InChI=1S/C39H50N4O2S/c1-26-7-11-28(12-8-26)29-15-17-30(18-16-29)32-24-40-36(41-25-32)31-13-9-27(10-14-31)23-33(38(45)43-21-5-6-22-43)42-37(44)34-19-20-35(46-34)39(2,3)4/h9-10,13-14,17,19-20,24-26,28-29,33H,5-8,11-12,15-16,18,21-23H2,1-4H3,(H,42,44). The van der Waals surface area contributed by atoms with Gasteiger partial charge in [-0.3, -0.25) is 9.59 Å². The number of aromatic nitrogens is 2. The minimum Gasteiger partial charge on any atom is -0.341 e. The Balaban J connectivity index is 1.09. The molecule has 46 heavy (non-hydrogen) atoms. The quantitative estimate of drug-likeness (QED) is 0.269. The van der Waals surface area contributed by atoms with Crippen molar-refractivity contribution in [1.82, 2.24) is 20.2 Å². The van der Waals surface area contributed by atoms with Crippen LogP contribution < -0.4 is 5.32 Å². The lowest BCUT2D eigenvalue weighted by atomic mass is 9.71. The molecule has 2 aliphatic carbocycles. The maximum Gasteiger partial charge on any atom is 0.262 e. The highest BCUT2D eigenvalue weighted by atomic mass is 32.1. The van der Waals surface area contributed by atoms with E-state index in [4.69, 9.17) is 9.97 Å². The smallest absolute Gasteiger partial charge is 0.262 e. The van der Waals surface area contributed by atoms with Gasteiger partial charge in [0.15, 0.2) is 5.82 Å². The third-order valence-corrected chi connectivity index (χ3v) is 12.0. The summed E-state index contributed by atoms with van der Waals surface area (Å²) in [6.45, 7) is 10.3.